The van der Waals surface area contributed by atoms with Gasteiger partial charge in [0.1, 0.15) is 5.75 Å². The van der Waals surface area contributed by atoms with E-state index in [-0.39, 0.29) is 17.7 Å². The van der Waals surface area contributed by atoms with Crippen LogP contribution in [0.5, 0.6) is 5.75 Å². The molecule has 2 amide bonds. The topological polar surface area (TPSA) is 46.6 Å². The first-order valence-electron chi connectivity index (χ1n) is 8.30. The van der Waals surface area contributed by atoms with Crippen LogP contribution in [0.25, 0.3) is 6.08 Å². The van der Waals surface area contributed by atoms with E-state index in [0.717, 1.165) is 33.8 Å². The molecule has 26 heavy (non-hydrogen) atoms. The molecule has 134 valence electrons. The summed E-state index contributed by atoms with van der Waals surface area (Å²) in [6.07, 6.45) is 2.63. The molecule has 0 saturated carbocycles. The van der Waals surface area contributed by atoms with E-state index in [0.29, 0.717) is 17.3 Å². The van der Waals surface area contributed by atoms with E-state index >= 15 is 0 Å². The molecule has 1 aliphatic rings. The minimum Gasteiger partial charge on any atom is -0.493 e. The molecule has 0 radical (unpaired) electrons. The lowest BCUT2D eigenvalue weighted by Gasteiger charge is -2.12. The molecular weight excluding hydrogens is 414 g/mol. The van der Waals surface area contributed by atoms with Gasteiger partial charge in [-0.2, -0.15) is 0 Å². The summed E-state index contributed by atoms with van der Waals surface area (Å²) in [6, 6.07) is 15.1. The predicted octanol–water partition coefficient (Wildman–Crippen LogP) is 5.47. The van der Waals surface area contributed by atoms with Crippen molar-refractivity contribution in [3.63, 3.8) is 0 Å². The number of thioether (sulfide) groups is 1. The minimum atomic E-state index is -0.270. The summed E-state index contributed by atoms with van der Waals surface area (Å²) >= 11 is 4.35. The Labute approximate surface area is 165 Å². The predicted molar refractivity (Wildman–Crippen MR) is 108 cm³/mol. The molecule has 3 rings (SSSR count). The summed E-state index contributed by atoms with van der Waals surface area (Å²) in [4.78, 5) is 26.7. The maximum atomic E-state index is 12.7. The minimum absolute atomic E-state index is 0.254. The van der Waals surface area contributed by atoms with E-state index in [1.54, 1.807) is 6.08 Å². The fourth-order valence-corrected chi connectivity index (χ4v) is 3.59. The van der Waals surface area contributed by atoms with Crippen molar-refractivity contribution in [3.05, 3.63) is 69.0 Å². The Morgan fingerprint density at radius 2 is 1.85 bits per heavy atom. The lowest BCUT2D eigenvalue weighted by Crippen LogP contribution is -2.27. The van der Waals surface area contributed by atoms with Crippen LogP contribution < -0.4 is 4.74 Å². The highest BCUT2D eigenvalue weighted by Crippen LogP contribution is 2.35. The van der Waals surface area contributed by atoms with E-state index in [9.17, 15) is 9.59 Å². The zero-order valence-corrected chi connectivity index (χ0v) is 16.7. The van der Waals surface area contributed by atoms with Gasteiger partial charge in [-0.1, -0.05) is 53.2 Å². The molecule has 6 heteroatoms. The third-order valence-corrected chi connectivity index (χ3v) is 5.23. The van der Waals surface area contributed by atoms with E-state index < -0.39 is 0 Å². The quantitative estimate of drug-likeness (QED) is 0.568. The Balaban J connectivity index is 1.80. The Hall–Kier alpha value is -2.05. The summed E-state index contributed by atoms with van der Waals surface area (Å²) in [6.45, 7) is 2.91. The highest BCUT2D eigenvalue weighted by atomic mass is 79.9. The molecule has 0 N–H and O–H groups in total. The van der Waals surface area contributed by atoms with E-state index in [1.807, 2.05) is 55.5 Å². The monoisotopic (exact) mass is 431 g/mol. The fourth-order valence-electron chi connectivity index (χ4n) is 2.49. The molecule has 0 unspecified atom stereocenters. The maximum absolute atomic E-state index is 12.7. The SMILES string of the molecule is CCCOc1ccccc1/C=C1/SC(=O)N(Cc2ccc(Br)cc2)C1=O. The van der Waals surface area contributed by atoms with Crippen molar-refractivity contribution in [2.45, 2.75) is 19.9 Å². The van der Waals surface area contributed by atoms with Crippen LogP contribution in [-0.2, 0) is 11.3 Å². The first-order valence-corrected chi connectivity index (χ1v) is 9.91. The fraction of sp³-hybridized carbons (Fsp3) is 0.200. The summed E-state index contributed by atoms with van der Waals surface area (Å²) < 4.78 is 6.68. The largest absolute Gasteiger partial charge is 0.493 e. The van der Waals surface area contributed by atoms with E-state index in [2.05, 4.69) is 15.9 Å². The normalized spacial score (nSPS) is 15.8. The molecule has 1 heterocycles. The average Bonchev–Trinajstić information content (AvgIpc) is 2.90. The van der Waals surface area contributed by atoms with E-state index in [1.165, 1.54) is 4.90 Å². The zero-order valence-electron chi connectivity index (χ0n) is 14.3. The number of ether oxygens (including phenoxy) is 1. The molecule has 0 aliphatic carbocycles. The molecule has 4 nitrogen and oxygen atoms in total. The van der Waals surface area contributed by atoms with Gasteiger partial charge in [-0.25, -0.2) is 0 Å². The van der Waals surface area contributed by atoms with Gasteiger partial charge in [0.05, 0.1) is 18.1 Å². The number of halogens is 1. The number of benzene rings is 2. The van der Waals surface area contributed by atoms with Gasteiger partial charge in [0.25, 0.3) is 11.1 Å². The standard InChI is InChI=1S/C20H18BrNO3S/c1-2-11-25-17-6-4-3-5-15(17)12-18-19(23)22(20(24)26-18)13-14-7-9-16(21)10-8-14/h3-10,12H,2,11,13H2,1H3/b18-12+. The van der Waals surface area contributed by atoms with Gasteiger partial charge in [-0.15, -0.1) is 0 Å². The highest BCUT2D eigenvalue weighted by Gasteiger charge is 2.35. The van der Waals surface area contributed by atoms with Gasteiger partial charge in [0, 0.05) is 10.0 Å². The van der Waals surface area contributed by atoms with Crippen molar-refractivity contribution in [2.24, 2.45) is 0 Å². The van der Waals surface area contributed by atoms with Crippen molar-refractivity contribution in [1.82, 2.24) is 4.90 Å². The molecule has 0 bridgehead atoms. The van der Waals surface area contributed by atoms with Crippen LogP contribution in [0.2, 0.25) is 0 Å². The number of carbonyl (C=O) groups is 2. The zero-order chi connectivity index (χ0) is 18.5. The number of rotatable bonds is 6. The number of imide groups is 1. The van der Waals surface area contributed by atoms with Crippen LogP contribution in [0.4, 0.5) is 4.79 Å². The Morgan fingerprint density at radius 1 is 1.12 bits per heavy atom. The van der Waals surface area contributed by atoms with Gasteiger partial charge >= 0.3 is 0 Å². The molecule has 0 spiro atoms. The van der Waals surface area contributed by atoms with Crippen molar-refractivity contribution < 1.29 is 14.3 Å². The summed E-state index contributed by atoms with van der Waals surface area (Å²) in [7, 11) is 0. The number of carbonyl (C=O) groups excluding carboxylic acids is 2. The average molecular weight is 432 g/mol. The first-order chi connectivity index (χ1) is 12.6. The van der Waals surface area contributed by atoms with Crippen LogP contribution in [0.15, 0.2) is 57.9 Å². The van der Waals surface area contributed by atoms with Crippen LogP contribution in [0, 0.1) is 0 Å². The lowest BCUT2D eigenvalue weighted by molar-refractivity contribution is -0.123. The van der Waals surface area contributed by atoms with Gasteiger partial charge in [0.2, 0.25) is 0 Å². The molecule has 1 fully saturated rings. The number of nitrogens with zero attached hydrogens (tertiary/aromatic N) is 1. The third-order valence-electron chi connectivity index (χ3n) is 3.79. The van der Waals surface area contributed by atoms with Gasteiger partial charge < -0.3 is 4.74 Å². The smallest absolute Gasteiger partial charge is 0.293 e. The molecule has 1 saturated heterocycles. The third kappa shape index (κ3) is 4.37. The first kappa shape index (κ1) is 18.7. The summed E-state index contributed by atoms with van der Waals surface area (Å²) in [5, 5.41) is -0.254. The summed E-state index contributed by atoms with van der Waals surface area (Å²) in [5.74, 6) is 0.447. The van der Waals surface area contributed by atoms with Crippen LogP contribution in [0.3, 0.4) is 0 Å². The molecule has 2 aromatic rings. The molecule has 1 aliphatic heterocycles. The van der Waals surface area contributed by atoms with Crippen molar-refractivity contribution in [2.75, 3.05) is 6.61 Å². The Morgan fingerprint density at radius 3 is 2.58 bits per heavy atom. The van der Waals surface area contributed by atoms with Crippen molar-refractivity contribution in [1.29, 1.82) is 0 Å². The highest BCUT2D eigenvalue weighted by molar-refractivity contribution is 9.10. The molecule has 0 atom stereocenters. The van der Waals surface area contributed by atoms with Gasteiger partial charge in [-0.05, 0) is 48.0 Å². The van der Waals surface area contributed by atoms with Gasteiger partial charge in [-0.3, -0.25) is 14.5 Å². The Bertz CT molecular complexity index is 848. The molecule has 0 aromatic heterocycles. The van der Waals surface area contributed by atoms with Crippen LogP contribution in [-0.4, -0.2) is 22.7 Å². The van der Waals surface area contributed by atoms with Crippen molar-refractivity contribution >= 4 is 44.9 Å². The number of hydrogen-bond donors (Lipinski definition) is 0. The second-order valence-corrected chi connectivity index (χ2v) is 7.69. The summed E-state index contributed by atoms with van der Waals surface area (Å²) in [5.41, 5.74) is 1.71. The number of para-hydroxylation sites is 1. The van der Waals surface area contributed by atoms with Crippen molar-refractivity contribution in [3.8, 4) is 5.75 Å². The van der Waals surface area contributed by atoms with Crippen LogP contribution in [0.1, 0.15) is 24.5 Å². The van der Waals surface area contributed by atoms with E-state index in [4.69, 9.17) is 4.74 Å². The Kier molecular flexibility index (Phi) is 6.16. The molecule has 2 aromatic carbocycles. The van der Waals surface area contributed by atoms with Gasteiger partial charge in [0.15, 0.2) is 0 Å². The number of hydrogen-bond acceptors (Lipinski definition) is 4. The lowest BCUT2D eigenvalue weighted by atomic mass is 10.1. The number of amides is 2. The van der Waals surface area contributed by atoms with Crippen LogP contribution >= 0.6 is 27.7 Å². The second kappa shape index (κ2) is 8.56. The second-order valence-electron chi connectivity index (χ2n) is 5.78. The maximum Gasteiger partial charge on any atom is 0.293 e. The molecular formula is C20H18BrNO3S.